The Kier molecular flexibility index (Phi) is 6.04. The monoisotopic (exact) mass is 413 g/mol. The van der Waals surface area contributed by atoms with Crippen LogP contribution in [0.4, 0.5) is 0 Å². The fraction of sp³-hybridized carbons (Fsp3) is 0.333. The number of thiazole rings is 1. The molecule has 1 aromatic carbocycles. The number of amides is 1. The van der Waals surface area contributed by atoms with Gasteiger partial charge < -0.3 is 10.1 Å². The van der Waals surface area contributed by atoms with Gasteiger partial charge >= 0.3 is 0 Å². The Morgan fingerprint density at radius 3 is 2.86 bits per heavy atom. The predicted octanol–water partition coefficient (Wildman–Crippen LogP) is 4.45. The number of ether oxygens (including phenoxy) is 1. The molecule has 1 N–H and O–H groups in total. The number of aromatic nitrogens is 1. The van der Waals surface area contributed by atoms with Crippen molar-refractivity contribution in [3.8, 4) is 15.6 Å². The first-order valence-corrected chi connectivity index (χ1v) is 11.2. The number of thiophene rings is 1. The Labute approximate surface area is 173 Å². The lowest BCUT2D eigenvalue weighted by Gasteiger charge is -2.28. The van der Waals surface area contributed by atoms with Crippen LogP contribution < -0.4 is 10.1 Å². The standard InChI is InChI=1S/C21H23N3O2S2/c1-26-16-7-4-6-15(12-16)18(24-9-2-3-10-24)13-22-20(25)17-14-28-21(23-17)19-8-5-11-27-19/h4-8,11-12,14,18H,2-3,9-10,13H2,1H3,(H,22,25). The van der Waals surface area contributed by atoms with E-state index in [9.17, 15) is 4.79 Å². The molecule has 1 aliphatic heterocycles. The second kappa shape index (κ2) is 8.86. The molecule has 2 aromatic heterocycles. The highest BCUT2D eigenvalue weighted by atomic mass is 32.1. The van der Waals surface area contributed by atoms with Gasteiger partial charge in [0.15, 0.2) is 0 Å². The van der Waals surface area contributed by atoms with Gasteiger partial charge in [-0.3, -0.25) is 9.69 Å². The lowest BCUT2D eigenvalue weighted by molar-refractivity contribution is 0.0933. The molecular weight excluding hydrogens is 390 g/mol. The average molecular weight is 414 g/mol. The summed E-state index contributed by atoms with van der Waals surface area (Å²) in [7, 11) is 1.68. The topological polar surface area (TPSA) is 54.5 Å². The summed E-state index contributed by atoms with van der Waals surface area (Å²) in [6.45, 7) is 2.66. The number of rotatable bonds is 7. The van der Waals surface area contributed by atoms with E-state index < -0.39 is 0 Å². The van der Waals surface area contributed by atoms with E-state index in [1.54, 1.807) is 18.4 Å². The fourth-order valence-electron chi connectivity index (χ4n) is 3.53. The normalized spacial score (nSPS) is 15.5. The van der Waals surface area contributed by atoms with Gasteiger partial charge in [0.2, 0.25) is 0 Å². The van der Waals surface area contributed by atoms with Crippen LogP contribution in [-0.4, -0.2) is 42.5 Å². The van der Waals surface area contributed by atoms with Crippen molar-refractivity contribution in [1.29, 1.82) is 0 Å². The summed E-state index contributed by atoms with van der Waals surface area (Å²) in [5.41, 5.74) is 1.65. The Bertz CT molecular complexity index is 917. The summed E-state index contributed by atoms with van der Waals surface area (Å²) < 4.78 is 5.39. The first-order chi connectivity index (χ1) is 13.7. The molecule has 5 nitrogen and oxygen atoms in total. The van der Waals surface area contributed by atoms with Crippen molar-refractivity contribution in [2.24, 2.45) is 0 Å². The number of methoxy groups -OCH3 is 1. The zero-order chi connectivity index (χ0) is 19.3. The van der Waals surface area contributed by atoms with E-state index in [0.717, 1.165) is 28.7 Å². The molecule has 1 saturated heterocycles. The van der Waals surface area contributed by atoms with Crippen LogP contribution in [0.15, 0.2) is 47.2 Å². The van der Waals surface area contributed by atoms with Crippen LogP contribution in [0.3, 0.4) is 0 Å². The number of hydrogen-bond donors (Lipinski definition) is 1. The van der Waals surface area contributed by atoms with Gasteiger partial charge in [-0.25, -0.2) is 4.98 Å². The van der Waals surface area contributed by atoms with Gasteiger partial charge in [-0.2, -0.15) is 0 Å². The van der Waals surface area contributed by atoms with Crippen LogP contribution in [0.5, 0.6) is 5.75 Å². The van der Waals surface area contributed by atoms with E-state index >= 15 is 0 Å². The van der Waals surface area contributed by atoms with Gasteiger partial charge in [0.25, 0.3) is 5.91 Å². The Hall–Kier alpha value is -2.22. The Morgan fingerprint density at radius 1 is 1.25 bits per heavy atom. The van der Waals surface area contributed by atoms with Crippen LogP contribution in [-0.2, 0) is 0 Å². The maximum Gasteiger partial charge on any atom is 0.270 e. The number of likely N-dealkylation sites (tertiary alicyclic amines) is 1. The number of nitrogens with one attached hydrogen (secondary N) is 1. The molecule has 1 fully saturated rings. The number of carbonyl (C=O) groups is 1. The molecule has 1 aliphatic rings. The molecule has 0 spiro atoms. The third-order valence-electron chi connectivity index (χ3n) is 4.98. The third kappa shape index (κ3) is 4.27. The molecule has 7 heteroatoms. The van der Waals surface area contributed by atoms with Crippen molar-refractivity contribution in [2.45, 2.75) is 18.9 Å². The highest BCUT2D eigenvalue weighted by Crippen LogP contribution is 2.29. The minimum Gasteiger partial charge on any atom is -0.497 e. The molecule has 28 heavy (non-hydrogen) atoms. The summed E-state index contributed by atoms with van der Waals surface area (Å²) in [6, 6.07) is 12.3. The molecule has 1 unspecified atom stereocenters. The smallest absolute Gasteiger partial charge is 0.270 e. The number of hydrogen-bond acceptors (Lipinski definition) is 6. The predicted molar refractivity (Wildman–Crippen MR) is 114 cm³/mol. The zero-order valence-electron chi connectivity index (χ0n) is 15.8. The number of benzene rings is 1. The first kappa shape index (κ1) is 19.1. The molecule has 0 saturated carbocycles. The molecule has 0 bridgehead atoms. The second-order valence-corrected chi connectivity index (χ2v) is 8.57. The zero-order valence-corrected chi connectivity index (χ0v) is 17.4. The number of nitrogens with zero attached hydrogens (tertiary/aromatic N) is 2. The van der Waals surface area contributed by atoms with Crippen molar-refractivity contribution >= 4 is 28.6 Å². The molecule has 3 aromatic rings. The molecule has 3 heterocycles. The average Bonchev–Trinajstić information content (AvgIpc) is 3.50. The minimum atomic E-state index is -0.119. The van der Waals surface area contributed by atoms with Gasteiger partial charge in [-0.15, -0.1) is 22.7 Å². The van der Waals surface area contributed by atoms with Crippen LogP contribution in [0.25, 0.3) is 9.88 Å². The largest absolute Gasteiger partial charge is 0.497 e. The summed E-state index contributed by atoms with van der Waals surface area (Å²) >= 11 is 3.14. The van der Waals surface area contributed by atoms with E-state index in [1.165, 1.54) is 29.7 Å². The summed E-state index contributed by atoms with van der Waals surface area (Å²) in [6.07, 6.45) is 2.40. The quantitative estimate of drug-likeness (QED) is 0.622. The number of carbonyl (C=O) groups excluding carboxylic acids is 1. The Balaban J connectivity index is 1.47. The van der Waals surface area contributed by atoms with Crippen molar-refractivity contribution < 1.29 is 9.53 Å². The van der Waals surface area contributed by atoms with E-state index in [4.69, 9.17) is 4.74 Å². The van der Waals surface area contributed by atoms with Gasteiger partial charge in [-0.05, 0) is 55.1 Å². The maximum atomic E-state index is 12.7. The maximum absolute atomic E-state index is 12.7. The van der Waals surface area contributed by atoms with E-state index in [-0.39, 0.29) is 11.9 Å². The van der Waals surface area contributed by atoms with Crippen LogP contribution >= 0.6 is 22.7 Å². The molecule has 0 radical (unpaired) electrons. The van der Waals surface area contributed by atoms with Crippen LogP contribution in [0, 0.1) is 0 Å². The molecule has 1 atom stereocenters. The summed E-state index contributed by atoms with van der Waals surface area (Å²) in [5.74, 6) is 0.722. The van der Waals surface area contributed by atoms with Gasteiger partial charge in [0.1, 0.15) is 16.5 Å². The lowest BCUT2D eigenvalue weighted by Crippen LogP contribution is -2.36. The minimum absolute atomic E-state index is 0.119. The lowest BCUT2D eigenvalue weighted by atomic mass is 10.0. The van der Waals surface area contributed by atoms with Crippen molar-refractivity contribution in [3.63, 3.8) is 0 Å². The second-order valence-electron chi connectivity index (χ2n) is 6.76. The summed E-state index contributed by atoms with van der Waals surface area (Å²) in [5, 5.41) is 7.84. The van der Waals surface area contributed by atoms with Gasteiger partial charge in [-0.1, -0.05) is 18.2 Å². The molecule has 4 rings (SSSR count). The van der Waals surface area contributed by atoms with Crippen molar-refractivity contribution in [2.75, 3.05) is 26.7 Å². The van der Waals surface area contributed by atoms with E-state index in [0.29, 0.717) is 12.2 Å². The Morgan fingerprint density at radius 2 is 2.11 bits per heavy atom. The van der Waals surface area contributed by atoms with Crippen LogP contribution in [0.1, 0.15) is 34.9 Å². The molecular formula is C21H23N3O2S2. The van der Waals surface area contributed by atoms with Crippen LogP contribution in [0.2, 0.25) is 0 Å². The van der Waals surface area contributed by atoms with E-state index in [2.05, 4.69) is 27.3 Å². The highest BCUT2D eigenvalue weighted by molar-refractivity contribution is 7.20. The molecule has 0 aliphatic carbocycles. The fourth-order valence-corrected chi connectivity index (χ4v) is 5.15. The molecule has 146 valence electrons. The van der Waals surface area contributed by atoms with E-state index in [1.807, 2.05) is 35.0 Å². The molecule has 1 amide bonds. The van der Waals surface area contributed by atoms with Crippen molar-refractivity contribution in [3.05, 3.63) is 58.4 Å². The highest BCUT2D eigenvalue weighted by Gasteiger charge is 2.25. The van der Waals surface area contributed by atoms with Gasteiger partial charge in [0.05, 0.1) is 18.0 Å². The first-order valence-electron chi connectivity index (χ1n) is 9.40. The third-order valence-corrected chi connectivity index (χ3v) is 6.87. The van der Waals surface area contributed by atoms with Gasteiger partial charge in [0, 0.05) is 11.9 Å². The summed E-state index contributed by atoms with van der Waals surface area (Å²) in [4.78, 5) is 20.7. The SMILES string of the molecule is COc1cccc(C(CNC(=O)c2csc(-c3cccs3)n2)N2CCCC2)c1. The van der Waals surface area contributed by atoms with Crippen molar-refractivity contribution in [1.82, 2.24) is 15.2 Å².